The van der Waals surface area contributed by atoms with E-state index in [4.69, 9.17) is 0 Å². The zero-order valence-corrected chi connectivity index (χ0v) is 15.1. The van der Waals surface area contributed by atoms with Crippen LogP contribution in [0.3, 0.4) is 0 Å². The Bertz CT molecular complexity index is 432. The van der Waals surface area contributed by atoms with Crippen LogP contribution in [-0.4, -0.2) is 17.3 Å². The molecule has 0 rings (SSSR count). The van der Waals surface area contributed by atoms with Crippen LogP contribution in [0.25, 0.3) is 0 Å². The minimum Gasteiger partial charge on any atom is -0.300 e. The van der Waals surface area contributed by atoms with Gasteiger partial charge in [0.15, 0.2) is 0 Å². The summed E-state index contributed by atoms with van der Waals surface area (Å²) in [6, 6.07) is 0. The van der Waals surface area contributed by atoms with Gasteiger partial charge in [-0.1, -0.05) is 38.8 Å². The fourth-order valence-electron chi connectivity index (χ4n) is 2.86. The van der Waals surface area contributed by atoms with Crippen LogP contribution < -0.4 is 0 Å². The van der Waals surface area contributed by atoms with Gasteiger partial charge in [-0.05, 0) is 33.1 Å². The van der Waals surface area contributed by atoms with Gasteiger partial charge in [0.25, 0.3) is 0 Å². The first kappa shape index (κ1) is 20.8. The summed E-state index contributed by atoms with van der Waals surface area (Å²) in [4.78, 5) is 35.5. The number of hydrogen-bond acceptors (Lipinski definition) is 3. The smallest absolute Gasteiger partial charge is 0.139 e. The van der Waals surface area contributed by atoms with Crippen molar-refractivity contribution in [2.75, 3.05) is 0 Å². The Hall–Kier alpha value is -1.25. The van der Waals surface area contributed by atoms with E-state index in [1.54, 1.807) is 6.92 Å². The molecule has 0 aromatic heterocycles. The van der Waals surface area contributed by atoms with Crippen molar-refractivity contribution in [2.45, 2.75) is 80.1 Å². The largest absolute Gasteiger partial charge is 0.300 e. The van der Waals surface area contributed by atoms with Crippen LogP contribution in [0, 0.1) is 11.8 Å². The van der Waals surface area contributed by atoms with Crippen LogP contribution in [0.4, 0.5) is 0 Å². The number of hydrogen-bond donors (Lipinski definition) is 0. The number of carbonyl (C=O) groups is 3. The molecule has 0 N–H and O–H groups in total. The van der Waals surface area contributed by atoms with E-state index in [1.165, 1.54) is 5.57 Å². The van der Waals surface area contributed by atoms with Gasteiger partial charge in [0.05, 0.1) is 0 Å². The van der Waals surface area contributed by atoms with E-state index in [0.29, 0.717) is 32.1 Å². The van der Waals surface area contributed by atoms with Gasteiger partial charge >= 0.3 is 0 Å². The molecule has 0 aromatic carbocycles. The maximum atomic E-state index is 12.6. The number of rotatable bonds is 11. The lowest BCUT2D eigenvalue weighted by Crippen LogP contribution is -2.24. The lowest BCUT2D eigenvalue weighted by Gasteiger charge is -2.20. The Morgan fingerprint density at radius 1 is 0.909 bits per heavy atom. The average molecular weight is 308 g/mol. The predicted molar refractivity (Wildman–Crippen MR) is 90.8 cm³/mol. The van der Waals surface area contributed by atoms with Crippen molar-refractivity contribution < 1.29 is 14.4 Å². The highest BCUT2D eigenvalue weighted by Crippen LogP contribution is 2.25. The topological polar surface area (TPSA) is 51.2 Å². The van der Waals surface area contributed by atoms with Crippen LogP contribution in [0.15, 0.2) is 11.1 Å². The Labute approximate surface area is 135 Å². The second kappa shape index (κ2) is 10.5. The predicted octanol–water partition coefficient (Wildman–Crippen LogP) is 4.68. The summed E-state index contributed by atoms with van der Waals surface area (Å²) in [6.45, 7) is 11.4. The highest BCUT2D eigenvalue weighted by molar-refractivity contribution is 5.89. The van der Waals surface area contributed by atoms with Gasteiger partial charge in [0, 0.05) is 31.1 Å². The van der Waals surface area contributed by atoms with Crippen LogP contribution in [0.2, 0.25) is 0 Å². The fourth-order valence-corrected chi connectivity index (χ4v) is 2.86. The first-order valence-corrected chi connectivity index (χ1v) is 8.48. The number of ketones is 3. The van der Waals surface area contributed by atoms with Crippen LogP contribution in [0.1, 0.15) is 80.1 Å². The van der Waals surface area contributed by atoms with Gasteiger partial charge in [-0.15, -0.1) is 0 Å². The second-order valence-electron chi connectivity index (χ2n) is 6.33. The molecule has 2 unspecified atom stereocenters. The molecule has 22 heavy (non-hydrogen) atoms. The minimum atomic E-state index is -0.159. The van der Waals surface area contributed by atoms with Gasteiger partial charge in [-0.2, -0.15) is 0 Å². The normalized spacial score (nSPS) is 15.0. The van der Waals surface area contributed by atoms with Crippen molar-refractivity contribution >= 4 is 17.3 Å². The Morgan fingerprint density at radius 3 is 1.91 bits per heavy atom. The average Bonchev–Trinajstić information content (AvgIpc) is 2.47. The zero-order chi connectivity index (χ0) is 17.3. The first-order valence-electron chi connectivity index (χ1n) is 8.48. The molecule has 0 aliphatic heterocycles. The van der Waals surface area contributed by atoms with E-state index in [9.17, 15) is 14.4 Å². The van der Waals surface area contributed by atoms with Gasteiger partial charge in [0.2, 0.25) is 0 Å². The van der Waals surface area contributed by atoms with E-state index >= 15 is 0 Å². The van der Waals surface area contributed by atoms with Gasteiger partial charge < -0.3 is 0 Å². The molecule has 0 heterocycles. The van der Waals surface area contributed by atoms with Crippen LogP contribution >= 0.6 is 0 Å². The summed E-state index contributed by atoms with van der Waals surface area (Å²) in [6.07, 6.45) is 3.61. The third-order valence-electron chi connectivity index (χ3n) is 4.35. The zero-order valence-electron chi connectivity index (χ0n) is 15.1. The van der Waals surface area contributed by atoms with Gasteiger partial charge in [-0.25, -0.2) is 0 Å². The number of allylic oxidation sites excluding steroid dienone is 2. The standard InChI is InChI=1S/C19H32O3/c1-7-16(13(4)10-15(6)20)11-14(5)19(22)17(8-2)12-18(21)9-3/h14,17H,7-12H2,1-6H3/b16-13-. The maximum Gasteiger partial charge on any atom is 0.139 e. The first-order chi connectivity index (χ1) is 10.3. The molecule has 126 valence electrons. The van der Waals surface area contributed by atoms with Crippen molar-refractivity contribution in [3.05, 3.63) is 11.1 Å². The molecular formula is C19H32O3. The van der Waals surface area contributed by atoms with E-state index in [0.717, 1.165) is 12.0 Å². The lowest BCUT2D eigenvalue weighted by atomic mass is 9.83. The molecule has 3 nitrogen and oxygen atoms in total. The van der Waals surface area contributed by atoms with Crippen molar-refractivity contribution in [3.8, 4) is 0 Å². The Balaban J connectivity index is 4.92. The number of carbonyl (C=O) groups excluding carboxylic acids is 3. The summed E-state index contributed by atoms with van der Waals surface area (Å²) < 4.78 is 0. The van der Waals surface area contributed by atoms with Crippen molar-refractivity contribution in [1.82, 2.24) is 0 Å². The molecule has 0 aliphatic carbocycles. The molecule has 0 saturated carbocycles. The summed E-state index contributed by atoms with van der Waals surface area (Å²) in [5.41, 5.74) is 2.29. The maximum absolute atomic E-state index is 12.6. The summed E-state index contributed by atoms with van der Waals surface area (Å²) >= 11 is 0. The second-order valence-corrected chi connectivity index (χ2v) is 6.33. The lowest BCUT2D eigenvalue weighted by molar-refractivity contribution is -0.130. The summed E-state index contributed by atoms with van der Waals surface area (Å²) in [5, 5.41) is 0. The molecule has 0 bridgehead atoms. The third-order valence-corrected chi connectivity index (χ3v) is 4.35. The minimum absolute atomic E-state index is 0.0912. The molecule has 0 radical (unpaired) electrons. The quantitative estimate of drug-likeness (QED) is 0.521. The Morgan fingerprint density at radius 2 is 1.50 bits per heavy atom. The van der Waals surface area contributed by atoms with Crippen LogP contribution in [0.5, 0.6) is 0 Å². The fraction of sp³-hybridized carbons (Fsp3) is 0.737. The monoisotopic (exact) mass is 308 g/mol. The SMILES string of the molecule is CCC(=O)CC(CC)C(=O)C(C)C/C(CC)=C(/C)CC(C)=O. The molecule has 0 saturated heterocycles. The highest BCUT2D eigenvalue weighted by atomic mass is 16.1. The van der Waals surface area contributed by atoms with Crippen molar-refractivity contribution in [1.29, 1.82) is 0 Å². The van der Waals surface area contributed by atoms with Gasteiger partial charge in [-0.3, -0.25) is 14.4 Å². The van der Waals surface area contributed by atoms with E-state index < -0.39 is 0 Å². The molecule has 0 amide bonds. The molecule has 0 spiro atoms. The number of Topliss-reactive ketones (excluding diaryl/α,β-unsaturated/α-hetero) is 3. The van der Waals surface area contributed by atoms with E-state index in [2.05, 4.69) is 6.92 Å². The third kappa shape index (κ3) is 7.15. The van der Waals surface area contributed by atoms with Gasteiger partial charge in [0.1, 0.15) is 17.3 Å². The molecule has 0 fully saturated rings. The summed E-state index contributed by atoms with van der Waals surface area (Å²) in [7, 11) is 0. The van der Waals surface area contributed by atoms with Crippen molar-refractivity contribution in [3.63, 3.8) is 0 Å². The molecule has 2 atom stereocenters. The van der Waals surface area contributed by atoms with E-state index in [-0.39, 0.29) is 29.2 Å². The summed E-state index contributed by atoms with van der Waals surface area (Å²) in [5.74, 6) is 0.250. The highest BCUT2D eigenvalue weighted by Gasteiger charge is 2.25. The molecular weight excluding hydrogens is 276 g/mol. The van der Waals surface area contributed by atoms with Crippen molar-refractivity contribution in [2.24, 2.45) is 11.8 Å². The molecule has 0 aromatic rings. The molecule has 3 heteroatoms. The van der Waals surface area contributed by atoms with E-state index in [1.807, 2.05) is 27.7 Å². The molecule has 0 aliphatic rings. The Kier molecular flexibility index (Phi) is 9.88. The van der Waals surface area contributed by atoms with Crippen LogP contribution in [-0.2, 0) is 14.4 Å².